The molecule has 0 saturated heterocycles. The molecule has 2 atom stereocenters. The lowest BCUT2D eigenvalue weighted by atomic mass is 9.72. The Hall–Kier alpha value is -3.21. The minimum absolute atomic E-state index is 0.0866. The molecular weight excluding hydrogens is 414 g/mol. The maximum atomic E-state index is 13.1. The molecule has 0 fully saturated rings. The van der Waals surface area contributed by atoms with Crippen molar-refractivity contribution in [1.82, 2.24) is 0 Å². The van der Waals surface area contributed by atoms with Crippen molar-refractivity contribution >= 4 is 17.5 Å². The molecule has 1 aliphatic carbocycles. The first-order valence-electron chi connectivity index (χ1n) is 11.7. The van der Waals surface area contributed by atoms with Gasteiger partial charge in [0.25, 0.3) is 0 Å². The lowest BCUT2D eigenvalue weighted by Gasteiger charge is -2.34. The van der Waals surface area contributed by atoms with Crippen LogP contribution in [0.2, 0.25) is 0 Å². The molecule has 2 aromatic rings. The summed E-state index contributed by atoms with van der Waals surface area (Å²) in [6.45, 7) is 6.71. The topological polar surface area (TPSA) is 65.0 Å². The number of nitrogens with zero attached hydrogens (tertiary/aromatic N) is 1. The Bertz CT molecular complexity index is 1070. The molecule has 0 spiro atoms. The van der Waals surface area contributed by atoms with Crippen LogP contribution in [-0.2, 0) is 20.9 Å². The third-order valence-electron chi connectivity index (χ3n) is 6.13. The minimum atomic E-state index is -0.597. The summed E-state index contributed by atoms with van der Waals surface area (Å²) in [5.74, 6) is -0.228. The molecule has 0 bridgehead atoms. The van der Waals surface area contributed by atoms with Gasteiger partial charge in [-0.15, -0.1) is 0 Å². The Morgan fingerprint density at radius 1 is 1.06 bits per heavy atom. The molecule has 5 heteroatoms. The number of esters is 1. The zero-order valence-corrected chi connectivity index (χ0v) is 19.5. The van der Waals surface area contributed by atoms with E-state index in [2.05, 4.69) is 0 Å². The molecule has 2 aliphatic rings. The van der Waals surface area contributed by atoms with Gasteiger partial charge in [0.15, 0.2) is 5.78 Å². The maximum Gasteiger partial charge on any atom is 0.315 e. The number of Topliss-reactive ketones (excluding diaryl/α,β-unsaturated/α-hetero) is 1. The van der Waals surface area contributed by atoms with Crippen LogP contribution in [0, 0.1) is 11.8 Å². The average molecular weight is 446 g/mol. The lowest BCUT2D eigenvalue weighted by Crippen LogP contribution is -2.37. The molecule has 5 nitrogen and oxygen atoms in total. The Kier molecular flexibility index (Phi) is 7.07. The molecule has 0 saturated carbocycles. The van der Waals surface area contributed by atoms with Gasteiger partial charge < -0.3 is 9.47 Å². The van der Waals surface area contributed by atoms with Crippen molar-refractivity contribution in [1.29, 1.82) is 0 Å². The number of ketones is 1. The number of rotatable bonds is 7. The van der Waals surface area contributed by atoms with Crippen molar-refractivity contribution < 1.29 is 19.1 Å². The average Bonchev–Trinajstić information content (AvgIpc) is 2.81. The molecule has 2 aromatic carbocycles. The van der Waals surface area contributed by atoms with Crippen LogP contribution in [0.3, 0.4) is 0 Å². The van der Waals surface area contributed by atoms with E-state index in [-0.39, 0.29) is 23.6 Å². The van der Waals surface area contributed by atoms with E-state index in [0.29, 0.717) is 30.9 Å². The number of hydrogen-bond donors (Lipinski definition) is 0. The summed E-state index contributed by atoms with van der Waals surface area (Å²) in [5.41, 5.74) is 4.22. The van der Waals surface area contributed by atoms with Gasteiger partial charge in [0.1, 0.15) is 18.3 Å². The molecule has 33 heavy (non-hydrogen) atoms. The molecule has 1 heterocycles. The second-order valence-electron chi connectivity index (χ2n) is 9.21. The second-order valence-corrected chi connectivity index (χ2v) is 9.21. The first kappa shape index (κ1) is 23.0. The van der Waals surface area contributed by atoms with Crippen LogP contribution < -0.4 is 4.74 Å². The van der Waals surface area contributed by atoms with Crippen molar-refractivity contribution in [3.63, 3.8) is 0 Å². The molecule has 0 amide bonds. The Morgan fingerprint density at radius 2 is 1.79 bits per heavy atom. The zero-order chi connectivity index (χ0) is 23.4. The van der Waals surface area contributed by atoms with Gasteiger partial charge in [-0.1, -0.05) is 56.3 Å². The van der Waals surface area contributed by atoms with Gasteiger partial charge in [0.2, 0.25) is 0 Å². The van der Waals surface area contributed by atoms with E-state index in [1.165, 1.54) is 0 Å². The summed E-state index contributed by atoms with van der Waals surface area (Å²) in [6, 6.07) is 17.7. The predicted molar refractivity (Wildman–Crippen MR) is 128 cm³/mol. The molecule has 1 aliphatic heterocycles. The number of carbonyl (C=O) groups excluding carboxylic acids is 2. The van der Waals surface area contributed by atoms with Crippen LogP contribution in [0.1, 0.15) is 57.1 Å². The number of allylic oxidation sites excluding steroid dienone is 2. The van der Waals surface area contributed by atoms with Crippen molar-refractivity contribution in [2.75, 3.05) is 6.61 Å². The van der Waals surface area contributed by atoms with E-state index in [1.54, 1.807) is 0 Å². The normalized spacial score (nSPS) is 20.4. The van der Waals surface area contributed by atoms with E-state index in [4.69, 9.17) is 14.5 Å². The van der Waals surface area contributed by atoms with Crippen molar-refractivity contribution in [2.24, 2.45) is 16.8 Å². The van der Waals surface area contributed by atoms with Crippen LogP contribution in [0.25, 0.3) is 0 Å². The number of hydrogen-bond acceptors (Lipinski definition) is 5. The summed E-state index contributed by atoms with van der Waals surface area (Å²) in [7, 11) is 0. The highest BCUT2D eigenvalue weighted by atomic mass is 16.5. The van der Waals surface area contributed by atoms with Crippen molar-refractivity contribution in [3.8, 4) is 5.75 Å². The zero-order valence-electron chi connectivity index (χ0n) is 19.5. The van der Waals surface area contributed by atoms with Crippen LogP contribution in [0.4, 0.5) is 0 Å². The fourth-order valence-corrected chi connectivity index (χ4v) is 4.52. The summed E-state index contributed by atoms with van der Waals surface area (Å²) >= 11 is 0. The highest BCUT2D eigenvalue weighted by Crippen LogP contribution is 2.43. The maximum absolute atomic E-state index is 13.1. The van der Waals surface area contributed by atoms with Crippen LogP contribution in [0.15, 0.2) is 70.9 Å². The second kappa shape index (κ2) is 10.2. The fraction of sp³-hybridized carbons (Fsp3) is 0.393. The van der Waals surface area contributed by atoms with Crippen LogP contribution in [0.5, 0.6) is 5.75 Å². The molecule has 4 rings (SSSR count). The summed E-state index contributed by atoms with van der Waals surface area (Å²) in [5, 5.41) is 0. The van der Waals surface area contributed by atoms with Crippen LogP contribution in [-0.4, -0.2) is 24.1 Å². The largest absolute Gasteiger partial charge is 0.489 e. The monoisotopic (exact) mass is 445 g/mol. The van der Waals surface area contributed by atoms with Crippen molar-refractivity contribution in [3.05, 3.63) is 77.0 Å². The van der Waals surface area contributed by atoms with Gasteiger partial charge in [-0.25, -0.2) is 0 Å². The third-order valence-corrected chi connectivity index (χ3v) is 6.13. The number of carbonyl (C=O) groups is 2. The van der Waals surface area contributed by atoms with Gasteiger partial charge in [-0.2, -0.15) is 0 Å². The number of benzene rings is 2. The minimum Gasteiger partial charge on any atom is -0.489 e. The molecule has 0 N–H and O–H groups in total. The van der Waals surface area contributed by atoms with E-state index in [9.17, 15) is 9.59 Å². The van der Waals surface area contributed by atoms with E-state index < -0.39 is 5.92 Å². The molecule has 172 valence electrons. The van der Waals surface area contributed by atoms with Gasteiger partial charge in [0.05, 0.1) is 6.61 Å². The molecular formula is C28H31NO4. The Labute approximate surface area is 195 Å². The molecule has 1 unspecified atom stereocenters. The Morgan fingerprint density at radius 3 is 2.48 bits per heavy atom. The summed E-state index contributed by atoms with van der Waals surface area (Å²) < 4.78 is 11.5. The number of aliphatic imine (C=N–C) groups is 1. The van der Waals surface area contributed by atoms with Gasteiger partial charge >= 0.3 is 5.97 Å². The quantitative estimate of drug-likeness (QED) is 0.517. The van der Waals surface area contributed by atoms with Gasteiger partial charge in [-0.3, -0.25) is 14.6 Å². The molecule has 0 aromatic heterocycles. The van der Waals surface area contributed by atoms with Gasteiger partial charge in [-0.05, 0) is 48.9 Å². The standard InChI is InChI=1S/C28H31NO4/c1-18(2)16-33-28(31)25-19(3)29-23-10-7-11-24(30)27(23)26(25)21-12-14-22(15-13-21)32-17-20-8-5-4-6-9-20/h4-6,8-9,12-15,18,25-26H,7,10-11,16-17H2,1-3H3/t25?,26-/m1/s1. The number of ether oxygens (including phenoxy) is 2. The van der Waals surface area contributed by atoms with E-state index >= 15 is 0 Å². The first-order valence-corrected chi connectivity index (χ1v) is 11.7. The van der Waals surface area contributed by atoms with Crippen molar-refractivity contribution in [2.45, 2.75) is 52.6 Å². The smallest absolute Gasteiger partial charge is 0.315 e. The predicted octanol–water partition coefficient (Wildman–Crippen LogP) is 5.65. The summed E-state index contributed by atoms with van der Waals surface area (Å²) in [4.78, 5) is 30.8. The lowest BCUT2D eigenvalue weighted by molar-refractivity contribution is -0.147. The first-order chi connectivity index (χ1) is 15.9. The summed E-state index contributed by atoms with van der Waals surface area (Å²) in [6.07, 6.45) is 2.06. The van der Waals surface area contributed by atoms with Gasteiger partial charge in [0, 0.05) is 29.3 Å². The Balaban J connectivity index is 1.62. The highest BCUT2D eigenvalue weighted by Gasteiger charge is 2.43. The van der Waals surface area contributed by atoms with E-state index in [0.717, 1.165) is 35.4 Å². The fourth-order valence-electron chi connectivity index (χ4n) is 4.52. The molecule has 0 radical (unpaired) electrons. The third kappa shape index (κ3) is 5.24. The van der Waals surface area contributed by atoms with Crippen LogP contribution >= 0.6 is 0 Å². The SMILES string of the molecule is CC1=NC2=C(C(=O)CCC2)[C@H](c2ccc(OCc3ccccc3)cc2)C1C(=O)OCC(C)C. The highest BCUT2D eigenvalue weighted by molar-refractivity contribution is 6.08. The van der Waals surface area contributed by atoms with E-state index in [1.807, 2.05) is 75.4 Å².